The SMILES string of the molecule is COc1ccccc1-c1cccc(-c2ccccc2)c1-c1ccccc1OC. The topological polar surface area (TPSA) is 18.5 Å². The van der Waals surface area contributed by atoms with Crippen LogP contribution in [0.15, 0.2) is 97.1 Å². The third-order valence-electron chi connectivity index (χ3n) is 4.92. The maximum Gasteiger partial charge on any atom is 0.126 e. The fraction of sp³-hybridized carbons (Fsp3) is 0.0769. The minimum absolute atomic E-state index is 0.849. The molecule has 138 valence electrons. The van der Waals surface area contributed by atoms with Crippen molar-refractivity contribution in [1.29, 1.82) is 0 Å². The molecule has 0 saturated carbocycles. The summed E-state index contributed by atoms with van der Waals surface area (Å²) in [6.45, 7) is 0. The van der Waals surface area contributed by atoms with E-state index in [-0.39, 0.29) is 0 Å². The van der Waals surface area contributed by atoms with Gasteiger partial charge in [0.15, 0.2) is 0 Å². The van der Waals surface area contributed by atoms with Crippen molar-refractivity contribution in [1.82, 2.24) is 0 Å². The van der Waals surface area contributed by atoms with Gasteiger partial charge in [-0.3, -0.25) is 0 Å². The van der Waals surface area contributed by atoms with Gasteiger partial charge in [0, 0.05) is 16.7 Å². The summed E-state index contributed by atoms with van der Waals surface area (Å²) in [5.41, 5.74) is 6.70. The molecule has 0 spiro atoms. The van der Waals surface area contributed by atoms with Crippen molar-refractivity contribution in [3.05, 3.63) is 97.1 Å². The molecule has 0 aliphatic carbocycles. The molecule has 0 N–H and O–H groups in total. The van der Waals surface area contributed by atoms with Crippen LogP contribution in [0.3, 0.4) is 0 Å². The fourth-order valence-corrected chi connectivity index (χ4v) is 3.64. The van der Waals surface area contributed by atoms with Gasteiger partial charge in [0.2, 0.25) is 0 Å². The molecule has 0 amide bonds. The fourth-order valence-electron chi connectivity index (χ4n) is 3.64. The van der Waals surface area contributed by atoms with Crippen molar-refractivity contribution in [2.45, 2.75) is 0 Å². The predicted molar refractivity (Wildman–Crippen MR) is 116 cm³/mol. The van der Waals surface area contributed by atoms with Gasteiger partial charge in [-0.25, -0.2) is 0 Å². The molecular weight excluding hydrogens is 344 g/mol. The number of rotatable bonds is 5. The summed E-state index contributed by atoms with van der Waals surface area (Å²) in [6.07, 6.45) is 0. The molecule has 0 atom stereocenters. The lowest BCUT2D eigenvalue weighted by Crippen LogP contribution is -1.95. The first-order valence-corrected chi connectivity index (χ1v) is 9.28. The van der Waals surface area contributed by atoms with E-state index in [1.54, 1.807) is 14.2 Å². The summed E-state index contributed by atoms with van der Waals surface area (Å²) in [6, 6.07) is 33.1. The second kappa shape index (κ2) is 8.01. The first kappa shape index (κ1) is 17.9. The molecule has 0 fully saturated rings. The van der Waals surface area contributed by atoms with E-state index in [9.17, 15) is 0 Å². The van der Waals surface area contributed by atoms with Crippen molar-refractivity contribution in [2.75, 3.05) is 14.2 Å². The zero-order valence-corrected chi connectivity index (χ0v) is 16.1. The lowest BCUT2D eigenvalue weighted by Gasteiger charge is -2.19. The van der Waals surface area contributed by atoms with Crippen LogP contribution in [0.5, 0.6) is 11.5 Å². The Morgan fingerprint density at radius 3 is 1.61 bits per heavy atom. The van der Waals surface area contributed by atoms with Gasteiger partial charge in [-0.1, -0.05) is 84.9 Å². The van der Waals surface area contributed by atoms with Crippen molar-refractivity contribution in [2.24, 2.45) is 0 Å². The van der Waals surface area contributed by atoms with Gasteiger partial charge in [-0.05, 0) is 28.8 Å². The molecule has 4 rings (SSSR count). The number of methoxy groups -OCH3 is 2. The molecule has 4 aromatic carbocycles. The van der Waals surface area contributed by atoms with E-state index in [1.165, 1.54) is 5.56 Å². The van der Waals surface area contributed by atoms with E-state index in [1.807, 2.05) is 42.5 Å². The van der Waals surface area contributed by atoms with Gasteiger partial charge < -0.3 is 9.47 Å². The smallest absolute Gasteiger partial charge is 0.126 e. The summed E-state index contributed by atoms with van der Waals surface area (Å²) >= 11 is 0. The van der Waals surface area contributed by atoms with Gasteiger partial charge in [0.05, 0.1) is 14.2 Å². The van der Waals surface area contributed by atoms with Gasteiger partial charge in [-0.2, -0.15) is 0 Å². The Kier molecular flexibility index (Phi) is 5.11. The van der Waals surface area contributed by atoms with Crippen LogP contribution in [0.1, 0.15) is 0 Å². The highest BCUT2D eigenvalue weighted by molar-refractivity contribution is 5.97. The molecule has 0 unspecified atom stereocenters. The summed E-state index contributed by atoms with van der Waals surface area (Å²) in [5, 5.41) is 0. The second-order valence-corrected chi connectivity index (χ2v) is 6.49. The predicted octanol–water partition coefficient (Wildman–Crippen LogP) is 6.70. The third-order valence-corrected chi connectivity index (χ3v) is 4.92. The zero-order chi connectivity index (χ0) is 19.3. The van der Waals surface area contributed by atoms with Crippen molar-refractivity contribution < 1.29 is 9.47 Å². The molecular formula is C26H22O2. The lowest BCUT2D eigenvalue weighted by molar-refractivity contribution is 0.416. The van der Waals surface area contributed by atoms with Crippen LogP contribution in [0.25, 0.3) is 33.4 Å². The minimum atomic E-state index is 0.849. The first-order chi connectivity index (χ1) is 13.8. The minimum Gasteiger partial charge on any atom is -0.496 e. The van der Waals surface area contributed by atoms with Gasteiger partial charge in [-0.15, -0.1) is 0 Å². The molecule has 0 bridgehead atoms. The molecule has 0 aliphatic rings. The molecule has 0 aromatic heterocycles. The molecule has 0 saturated heterocycles. The molecule has 0 radical (unpaired) electrons. The second-order valence-electron chi connectivity index (χ2n) is 6.49. The van der Waals surface area contributed by atoms with Crippen molar-refractivity contribution >= 4 is 0 Å². The van der Waals surface area contributed by atoms with Crippen LogP contribution >= 0.6 is 0 Å². The Balaban J connectivity index is 2.08. The highest BCUT2D eigenvalue weighted by Crippen LogP contribution is 2.45. The van der Waals surface area contributed by atoms with Crippen molar-refractivity contribution in [3.63, 3.8) is 0 Å². The highest BCUT2D eigenvalue weighted by atomic mass is 16.5. The van der Waals surface area contributed by atoms with Gasteiger partial charge >= 0.3 is 0 Å². The third kappa shape index (κ3) is 3.25. The highest BCUT2D eigenvalue weighted by Gasteiger charge is 2.18. The standard InChI is InChI=1S/C26H22O2/c1-27-24-17-8-6-13-21(24)22-16-10-15-20(19-11-4-3-5-12-19)26(22)23-14-7-9-18-25(23)28-2/h3-18H,1-2H3. The average molecular weight is 366 g/mol. The van der Waals surface area contributed by atoms with E-state index in [2.05, 4.69) is 54.6 Å². The Labute approximate surface area is 166 Å². The normalized spacial score (nSPS) is 10.5. The summed E-state index contributed by atoms with van der Waals surface area (Å²) < 4.78 is 11.4. The number of benzene rings is 4. The summed E-state index contributed by atoms with van der Waals surface area (Å²) in [4.78, 5) is 0. The Hall–Kier alpha value is -3.52. The van der Waals surface area contributed by atoms with Crippen molar-refractivity contribution in [3.8, 4) is 44.9 Å². The number of para-hydroxylation sites is 2. The summed E-state index contributed by atoms with van der Waals surface area (Å²) in [7, 11) is 3.43. The van der Waals surface area contributed by atoms with E-state index < -0.39 is 0 Å². The number of hydrogen-bond acceptors (Lipinski definition) is 2. The van der Waals surface area contributed by atoms with E-state index in [0.717, 1.165) is 39.3 Å². The Morgan fingerprint density at radius 2 is 0.929 bits per heavy atom. The zero-order valence-electron chi connectivity index (χ0n) is 16.1. The maximum absolute atomic E-state index is 5.71. The van der Waals surface area contributed by atoms with Crippen LogP contribution < -0.4 is 9.47 Å². The van der Waals surface area contributed by atoms with E-state index in [4.69, 9.17) is 9.47 Å². The Bertz CT molecular complexity index is 1080. The molecule has 0 aliphatic heterocycles. The van der Waals surface area contributed by atoms with Crippen LogP contribution in [-0.4, -0.2) is 14.2 Å². The molecule has 28 heavy (non-hydrogen) atoms. The van der Waals surface area contributed by atoms with Crippen LogP contribution in [0.4, 0.5) is 0 Å². The van der Waals surface area contributed by atoms with Gasteiger partial charge in [0.1, 0.15) is 11.5 Å². The van der Waals surface area contributed by atoms with Gasteiger partial charge in [0.25, 0.3) is 0 Å². The van der Waals surface area contributed by atoms with Crippen LogP contribution in [0.2, 0.25) is 0 Å². The number of ether oxygens (including phenoxy) is 2. The monoisotopic (exact) mass is 366 g/mol. The quantitative estimate of drug-likeness (QED) is 0.391. The largest absolute Gasteiger partial charge is 0.496 e. The van der Waals surface area contributed by atoms with E-state index >= 15 is 0 Å². The molecule has 2 heteroatoms. The summed E-state index contributed by atoms with van der Waals surface area (Å²) in [5.74, 6) is 1.70. The molecule has 2 nitrogen and oxygen atoms in total. The van der Waals surface area contributed by atoms with E-state index in [0.29, 0.717) is 0 Å². The van der Waals surface area contributed by atoms with Crippen LogP contribution in [-0.2, 0) is 0 Å². The van der Waals surface area contributed by atoms with Crippen LogP contribution in [0, 0.1) is 0 Å². The number of hydrogen-bond donors (Lipinski definition) is 0. The lowest BCUT2D eigenvalue weighted by atomic mass is 9.87. The molecule has 4 aromatic rings. The molecule has 0 heterocycles. The Morgan fingerprint density at radius 1 is 0.429 bits per heavy atom. The average Bonchev–Trinajstić information content (AvgIpc) is 2.79. The first-order valence-electron chi connectivity index (χ1n) is 9.28. The maximum atomic E-state index is 5.71.